The number of hydrogen-bond donors (Lipinski definition) is 1. The highest BCUT2D eigenvalue weighted by Gasteiger charge is 2.41. The molecule has 0 bridgehead atoms. The smallest absolute Gasteiger partial charge is 0.310 e. The molecule has 5 nitrogen and oxygen atoms in total. The summed E-state index contributed by atoms with van der Waals surface area (Å²) in [4.78, 5) is 11.5. The molecular weight excluding hydrogens is 254 g/mol. The minimum Gasteiger partial charge on any atom is -0.469 e. The fourth-order valence-electron chi connectivity index (χ4n) is 2.41. The molecule has 0 amide bonds. The SMILES string of the molecule is CCCCCNS(=O)(=O)C1CCCC1C(=O)OC. The number of nitrogens with one attached hydrogen (secondary N) is 1. The van der Waals surface area contributed by atoms with Gasteiger partial charge >= 0.3 is 5.97 Å². The molecule has 2 unspecified atom stereocenters. The topological polar surface area (TPSA) is 72.5 Å². The Balaban J connectivity index is 2.57. The van der Waals surface area contributed by atoms with E-state index in [1.54, 1.807) is 0 Å². The molecule has 0 heterocycles. The lowest BCUT2D eigenvalue weighted by Gasteiger charge is -2.18. The summed E-state index contributed by atoms with van der Waals surface area (Å²) in [5, 5.41) is -0.619. The molecule has 6 heteroatoms. The van der Waals surface area contributed by atoms with Crippen LogP contribution in [0.3, 0.4) is 0 Å². The van der Waals surface area contributed by atoms with Gasteiger partial charge in [-0.25, -0.2) is 13.1 Å². The first-order valence-electron chi connectivity index (χ1n) is 6.59. The van der Waals surface area contributed by atoms with Crippen LogP contribution in [0, 0.1) is 5.92 Å². The second kappa shape index (κ2) is 7.09. The second-order valence-electron chi connectivity index (χ2n) is 4.75. The number of unbranched alkanes of at least 4 members (excludes halogenated alkanes) is 2. The predicted octanol–water partition coefficient (Wildman–Crippen LogP) is 1.44. The van der Waals surface area contributed by atoms with Crippen molar-refractivity contribution in [1.29, 1.82) is 0 Å². The lowest BCUT2D eigenvalue weighted by Crippen LogP contribution is -2.39. The Morgan fingerprint density at radius 3 is 2.67 bits per heavy atom. The van der Waals surface area contributed by atoms with Crippen molar-refractivity contribution in [3.8, 4) is 0 Å². The molecule has 0 aromatic rings. The van der Waals surface area contributed by atoms with Crippen LogP contribution in [-0.4, -0.2) is 33.3 Å². The van der Waals surface area contributed by atoms with Crippen molar-refractivity contribution >= 4 is 16.0 Å². The summed E-state index contributed by atoms with van der Waals surface area (Å²) in [6.45, 7) is 2.53. The van der Waals surface area contributed by atoms with Crippen LogP contribution in [0.15, 0.2) is 0 Å². The first-order valence-corrected chi connectivity index (χ1v) is 8.14. The molecule has 0 saturated heterocycles. The summed E-state index contributed by atoms with van der Waals surface area (Å²) in [7, 11) is -2.09. The molecule has 1 fully saturated rings. The summed E-state index contributed by atoms with van der Waals surface area (Å²) < 4.78 is 31.5. The van der Waals surface area contributed by atoms with Gasteiger partial charge in [-0.15, -0.1) is 0 Å². The van der Waals surface area contributed by atoms with Gasteiger partial charge in [-0.2, -0.15) is 0 Å². The Hall–Kier alpha value is -0.620. The van der Waals surface area contributed by atoms with Crippen molar-refractivity contribution in [2.75, 3.05) is 13.7 Å². The Kier molecular flexibility index (Phi) is 6.08. The van der Waals surface area contributed by atoms with Gasteiger partial charge < -0.3 is 4.74 Å². The Morgan fingerprint density at radius 2 is 2.06 bits per heavy atom. The minimum absolute atomic E-state index is 0.406. The van der Waals surface area contributed by atoms with Gasteiger partial charge in [-0.05, 0) is 19.3 Å². The highest BCUT2D eigenvalue weighted by Crippen LogP contribution is 2.31. The minimum atomic E-state index is -3.40. The van der Waals surface area contributed by atoms with Crippen molar-refractivity contribution in [3.63, 3.8) is 0 Å². The predicted molar refractivity (Wildman–Crippen MR) is 69.6 cm³/mol. The number of carbonyl (C=O) groups is 1. The normalized spacial score (nSPS) is 24.1. The zero-order valence-corrected chi connectivity index (χ0v) is 12.0. The van der Waals surface area contributed by atoms with Gasteiger partial charge in [0.1, 0.15) is 0 Å². The molecular formula is C12H23NO4S. The largest absolute Gasteiger partial charge is 0.469 e. The first kappa shape index (κ1) is 15.4. The fourth-order valence-corrected chi connectivity index (χ4v) is 4.21. The monoisotopic (exact) mass is 277 g/mol. The molecule has 106 valence electrons. The highest BCUT2D eigenvalue weighted by atomic mass is 32.2. The molecule has 0 aromatic heterocycles. The van der Waals surface area contributed by atoms with Gasteiger partial charge in [-0.1, -0.05) is 26.2 Å². The zero-order valence-electron chi connectivity index (χ0n) is 11.1. The molecule has 1 aliphatic carbocycles. The van der Waals surface area contributed by atoms with Crippen LogP contribution in [-0.2, 0) is 19.6 Å². The number of sulfonamides is 1. The molecule has 2 atom stereocenters. The third kappa shape index (κ3) is 3.95. The van der Waals surface area contributed by atoms with Crippen molar-refractivity contribution in [3.05, 3.63) is 0 Å². The number of methoxy groups -OCH3 is 1. The number of carbonyl (C=O) groups excluding carboxylic acids is 1. The maximum Gasteiger partial charge on any atom is 0.310 e. The zero-order chi connectivity index (χ0) is 13.6. The molecule has 1 aliphatic rings. The third-order valence-corrected chi connectivity index (χ3v) is 5.41. The van der Waals surface area contributed by atoms with Crippen LogP contribution in [0.4, 0.5) is 0 Å². The van der Waals surface area contributed by atoms with E-state index in [1.807, 2.05) is 0 Å². The van der Waals surface area contributed by atoms with Gasteiger partial charge in [0.2, 0.25) is 10.0 Å². The Labute approximate surface area is 109 Å². The van der Waals surface area contributed by atoms with E-state index in [0.717, 1.165) is 25.7 Å². The molecule has 0 radical (unpaired) electrons. The lowest BCUT2D eigenvalue weighted by atomic mass is 10.1. The summed E-state index contributed by atoms with van der Waals surface area (Å²) in [5.41, 5.74) is 0. The van der Waals surface area contributed by atoms with Crippen LogP contribution in [0.2, 0.25) is 0 Å². The standard InChI is InChI=1S/C12H23NO4S/c1-3-4-5-9-13-18(15,16)11-8-6-7-10(11)12(14)17-2/h10-11,13H,3-9H2,1-2H3. The molecule has 0 aromatic carbocycles. The quantitative estimate of drug-likeness (QED) is 0.564. The van der Waals surface area contributed by atoms with Gasteiger partial charge in [0.15, 0.2) is 0 Å². The van der Waals surface area contributed by atoms with E-state index in [0.29, 0.717) is 19.4 Å². The van der Waals surface area contributed by atoms with E-state index in [1.165, 1.54) is 7.11 Å². The van der Waals surface area contributed by atoms with E-state index >= 15 is 0 Å². The molecule has 0 spiro atoms. The van der Waals surface area contributed by atoms with E-state index in [4.69, 9.17) is 0 Å². The van der Waals surface area contributed by atoms with Crippen molar-refractivity contribution in [1.82, 2.24) is 4.72 Å². The van der Waals surface area contributed by atoms with Crippen LogP contribution in [0.1, 0.15) is 45.4 Å². The second-order valence-corrected chi connectivity index (χ2v) is 6.73. The summed E-state index contributed by atoms with van der Waals surface area (Å²) in [6, 6.07) is 0. The maximum absolute atomic E-state index is 12.1. The number of hydrogen-bond acceptors (Lipinski definition) is 4. The molecule has 1 rings (SSSR count). The molecule has 18 heavy (non-hydrogen) atoms. The van der Waals surface area contributed by atoms with E-state index in [9.17, 15) is 13.2 Å². The Bertz CT molecular complexity index is 366. The molecule has 1 N–H and O–H groups in total. The summed E-state index contributed by atoms with van der Waals surface area (Å²) in [6.07, 6.45) is 4.81. The number of esters is 1. The Morgan fingerprint density at radius 1 is 1.33 bits per heavy atom. The molecule has 1 saturated carbocycles. The van der Waals surface area contributed by atoms with Crippen LogP contribution < -0.4 is 4.72 Å². The maximum atomic E-state index is 12.1. The summed E-state index contributed by atoms with van der Waals surface area (Å²) in [5.74, 6) is -0.907. The third-order valence-electron chi connectivity index (χ3n) is 3.44. The van der Waals surface area contributed by atoms with Crippen molar-refractivity contribution in [2.45, 2.75) is 50.7 Å². The lowest BCUT2D eigenvalue weighted by molar-refractivity contribution is -0.145. The van der Waals surface area contributed by atoms with Gasteiger partial charge in [-0.3, -0.25) is 4.79 Å². The van der Waals surface area contributed by atoms with E-state index in [-0.39, 0.29) is 0 Å². The van der Waals surface area contributed by atoms with E-state index < -0.39 is 27.2 Å². The fraction of sp³-hybridized carbons (Fsp3) is 0.917. The number of rotatable bonds is 7. The van der Waals surface area contributed by atoms with Crippen molar-refractivity contribution in [2.24, 2.45) is 5.92 Å². The van der Waals surface area contributed by atoms with Crippen molar-refractivity contribution < 1.29 is 17.9 Å². The van der Waals surface area contributed by atoms with Gasteiger partial charge in [0.05, 0.1) is 18.3 Å². The van der Waals surface area contributed by atoms with Gasteiger partial charge in [0, 0.05) is 6.54 Å². The average Bonchev–Trinajstić information content (AvgIpc) is 2.83. The molecule has 0 aliphatic heterocycles. The summed E-state index contributed by atoms with van der Waals surface area (Å²) >= 11 is 0. The number of ether oxygens (including phenoxy) is 1. The van der Waals surface area contributed by atoms with Crippen LogP contribution in [0.5, 0.6) is 0 Å². The first-order chi connectivity index (χ1) is 8.53. The van der Waals surface area contributed by atoms with E-state index in [2.05, 4.69) is 16.4 Å². The average molecular weight is 277 g/mol. The van der Waals surface area contributed by atoms with Gasteiger partial charge in [0.25, 0.3) is 0 Å². The van der Waals surface area contributed by atoms with Crippen LogP contribution in [0.25, 0.3) is 0 Å². The van der Waals surface area contributed by atoms with Crippen LogP contribution >= 0.6 is 0 Å². The highest BCUT2D eigenvalue weighted by molar-refractivity contribution is 7.90.